The summed E-state index contributed by atoms with van der Waals surface area (Å²) in [5, 5.41) is 3.53. The van der Waals surface area contributed by atoms with Gasteiger partial charge >= 0.3 is 0 Å². The molecule has 3 heteroatoms. The number of benzene rings is 1. The van der Waals surface area contributed by atoms with Gasteiger partial charge in [0.25, 0.3) is 0 Å². The second-order valence-corrected chi connectivity index (χ2v) is 6.14. The average molecular weight is 280 g/mol. The van der Waals surface area contributed by atoms with Crippen LogP contribution in [-0.4, -0.2) is 31.6 Å². The smallest absolute Gasteiger partial charge is 0.127 e. The first-order valence-electron chi connectivity index (χ1n) is 7.59. The Balaban J connectivity index is 2.67. The topological polar surface area (TPSA) is 15.3 Å². The van der Waals surface area contributed by atoms with Crippen molar-refractivity contribution < 1.29 is 4.39 Å². The molecule has 0 fully saturated rings. The molecule has 1 rings (SSSR count). The van der Waals surface area contributed by atoms with Crippen molar-refractivity contribution in [2.24, 2.45) is 5.92 Å². The van der Waals surface area contributed by atoms with Gasteiger partial charge in [-0.3, -0.25) is 0 Å². The fraction of sp³-hybridized carbons (Fsp3) is 0.647. The summed E-state index contributed by atoms with van der Waals surface area (Å²) in [5.41, 5.74) is 0.775. The van der Waals surface area contributed by atoms with Crippen molar-refractivity contribution in [2.45, 2.75) is 45.7 Å². The van der Waals surface area contributed by atoms with Crippen molar-refractivity contribution in [3.8, 4) is 0 Å². The number of nitrogens with zero attached hydrogens (tertiary/aromatic N) is 1. The number of halogens is 1. The zero-order valence-electron chi connectivity index (χ0n) is 13.5. The Morgan fingerprint density at radius 2 is 1.85 bits per heavy atom. The third kappa shape index (κ3) is 5.22. The lowest BCUT2D eigenvalue weighted by atomic mass is 10.0. The summed E-state index contributed by atoms with van der Waals surface area (Å²) in [6.45, 7) is 7.46. The predicted octanol–water partition coefficient (Wildman–Crippen LogP) is 3.84. The highest BCUT2D eigenvalue weighted by atomic mass is 19.1. The minimum atomic E-state index is -0.114. The zero-order chi connectivity index (χ0) is 15.1. The van der Waals surface area contributed by atoms with Gasteiger partial charge < -0.3 is 10.2 Å². The summed E-state index contributed by atoms with van der Waals surface area (Å²) < 4.78 is 13.9. The Bertz CT molecular complexity index is 390. The summed E-state index contributed by atoms with van der Waals surface area (Å²) in [7, 11) is 4.22. The van der Waals surface area contributed by atoms with Crippen molar-refractivity contribution in [2.75, 3.05) is 20.6 Å². The van der Waals surface area contributed by atoms with E-state index in [1.165, 1.54) is 6.07 Å². The van der Waals surface area contributed by atoms with Gasteiger partial charge in [0, 0.05) is 24.2 Å². The second-order valence-electron chi connectivity index (χ2n) is 6.14. The Hall–Kier alpha value is -0.930. The summed E-state index contributed by atoms with van der Waals surface area (Å²) in [6, 6.07) is 7.63. The molecule has 0 aliphatic rings. The minimum absolute atomic E-state index is 0.0887. The van der Waals surface area contributed by atoms with Crippen LogP contribution in [0.2, 0.25) is 0 Å². The highest BCUT2D eigenvalue weighted by Crippen LogP contribution is 2.20. The standard InChI is InChI=1S/C17H29FN2/c1-6-17(15-9-7-8-10-16(15)18)19-12-14(20(4)5)11-13(2)3/h7-10,13-14,17,19H,6,11-12H2,1-5H3. The molecule has 0 radical (unpaired) electrons. The van der Waals surface area contributed by atoms with E-state index in [4.69, 9.17) is 0 Å². The van der Waals surface area contributed by atoms with Crippen LogP contribution in [0.15, 0.2) is 24.3 Å². The van der Waals surface area contributed by atoms with Gasteiger partial charge in [0.15, 0.2) is 0 Å². The zero-order valence-corrected chi connectivity index (χ0v) is 13.5. The molecule has 0 amide bonds. The first kappa shape index (κ1) is 17.1. The van der Waals surface area contributed by atoms with Gasteiger partial charge in [0.05, 0.1) is 0 Å². The van der Waals surface area contributed by atoms with Crippen molar-refractivity contribution in [1.29, 1.82) is 0 Å². The molecular weight excluding hydrogens is 251 g/mol. The molecular formula is C17H29FN2. The van der Waals surface area contributed by atoms with E-state index in [9.17, 15) is 4.39 Å². The maximum atomic E-state index is 13.9. The lowest BCUT2D eigenvalue weighted by Crippen LogP contribution is -2.40. The normalized spacial score (nSPS) is 14.8. The van der Waals surface area contributed by atoms with Gasteiger partial charge in [-0.1, -0.05) is 39.0 Å². The van der Waals surface area contributed by atoms with Crippen molar-refractivity contribution in [3.63, 3.8) is 0 Å². The largest absolute Gasteiger partial charge is 0.308 e. The van der Waals surface area contributed by atoms with Crippen LogP contribution in [0.3, 0.4) is 0 Å². The van der Waals surface area contributed by atoms with Crippen molar-refractivity contribution in [1.82, 2.24) is 10.2 Å². The monoisotopic (exact) mass is 280 g/mol. The molecule has 0 spiro atoms. The molecule has 114 valence electrons. The van der Waals surface area contributed by atoms with Crippen molar-refractivity contribution >= 4 is 0 Å². The molecule has 0 saturated heterocycles. The summed E-state index contributed by atoms with van der Waals surface area (Å²) in [6.07, 6.45) is 2.04. The van der Waals surface area contributed by atoms with E-state index in [0.717, 1.165) is 24.9 Å². The van der Waals surface area contributed by atoms with Crippen LogP contribution < -0.4 is 5.32 Å². The number of rotatable bonds is 8. The molecule has 0 heterocycles. The molecule has 2 atom stereocenters. The first-order chi connectivity index (χ1) is 9.45. The Kier molecular flexibility index (Phi) is 7.17. The minimum Gasteiger partial charge on any atom is -0.308 e. The van der Waals surface area contributed by atoms with E-state index in [2.05, 4.69) is 45.1 Å². The number of nitrogens with one attached hydrogen (secondary N) is 1. The maximum Gasteiger partial charge on any atom is 0.127 e. The fourth-order valence-electron chi connectivity index (χ4n) is 2.53. The van der Waals surface area contributed by atoms with Gasteiger partial charge in [0.2, 0.25) is 0 Å². The third-order valence-corrected chi connectivity index (χ3v) is 3.76. The van der Waals surface area contributed by atoms with Crippen LogP contribution in [-0.2, 0) is 0 Å². The molecule has 20 heavy (non-hydrogen) atoms. The summed E-state index contributed by atoms with van der Waals surface area (Å²) in [4.78, 5) is 2.25. The Morgan fingerprint density at radius 1 is 1.20 bits per heavy atom. The molecule has 0 saturated carbocycles. The fourth-order valence-corrected chi connectivity index (χ4v) is 2.53. The highest BCUT2D eigenvalue weighted by molar-refractivity contribution is 5.21. The highest BCUT2D eigenvalue weighted by Gasteiger charge is 2.17. The van der Waals surface area contributed by atoms with E-state index in [-0.39, 0.29) is 11.9 Å². The lowest BCUT2D eigenvalue weighted by Gasteiger charge is -2.29. The SMILES string of the molecule is CCC(NCC(CC(C)C)N(C)C)c1ccccc1F. The van der Waals surface area contributed by atoms with Crippen LogP contribution in [0, 0.1) is 11.7 Å². The summed E-state index contributed by atoms with van der Waals surface area (Å²) in [5.74, 6) is 0.551. The molecule has 1 aromatic carbocycles. The quantitative estimate of drug-likeness (QED) is 0.778. The molecule has 2 unspecified atom stereocenters. The molecule has 1 aromatic rings. The van der Waals surface area contributed by atoms with E-state index in [1.807, 2.05) is 12.1 Å². The second kappa shape index (κ2) is 8.38. The van der Waals surface area contributed by atoms with Crippen LogP contribution in [0.5, 0.6) is 0 Å². The molecule has 0 bridgehead atoms. The van der Waals surface area contributed by atoms with Crippen LogP contribution in [0.1, 0.15) is 45.2 Å². The number of hydrogen-bond donors (Lipinski definition) is 1. The third-order valence-electron chi connectivity index (χ3n) is 3.76. The van der Waals surface area contributed by atoms with Gasteiger partial charge in [-0.15, -0.1) is 0 Å². The van der Waals surface area contributed by atoms with Gasteiger partial charge in [-0.05, 0) is 38.9 Å². The molecule has 2 nitrogen and oxygen atoms in total. The first-order valence-corrected chi connectivity index (χ1v) is 7.59. The molecule has 0 aliphatic carbocycles. The van der Waals surface area contributed by atoms with Crippen LogP contribution in [0.25, 0.3) is 0 Å². The van der Waals surface area contributed by atoms with E-state index in [1.54, 1.807) is 6.07 Å². The molecule has 0 aliphatic heterocycles. The summed E-state index contributed by atoms with van der Waals surface area (Å²) >= 11 is 0. The Labute approximate surface area is 123 Å². The lowest BCUT2D eigenvalue weighted by molar-refractivity contribution is 0.239. The van der Waals surface area contributed by atoms with E-state index in [0.29, 0.717) is 12.0 Å². The Morgan fingerprint density at radius 3 is 2.35 bits per heavy atom. The van der Waals surface area contributed by atoms with Crippen LogP contribution >= 0.6 is 0 Å². The van der Waals surface area contributed by atoms with Gasteiger partial charge in [-0.2, -0.15) is 0 Å². The average Bonchev–Trinajstić information content (AvgIpc) is 2.39. The number of hydrogen-bond acceptors (Lipinski definition) is 2. The molecule has 1 N–H and O–H groups in total. The molecule has 0 aromatic heterocycles. The van der Waals surface area contributed by atoms with Gasteiger partial charge in [0.1, 0.15) is 5.82 Å². The predicted molar refractivity (Wildman–Crippen MR) is 84.4 cm³/mol. The van der Waals surface area contributed by atoms with E-state index >= 15 is 0 Å². The maximum absolute atomic E-state index is 13.9. The van der Waals surface area contributed by atoms with Crippen LogP contribution in [0.4, 0.5) is 4.39 Å². The number of likely N-dealkylation sites (N-methyl/N-ethyl adjacent to an activating group) is 1. The van der Waals surface area contributed by atoms with E-state index < -0.39 is 0 Å². The van der Waals surface area contributed by atoms with Crippen molar-refractivity contribution in [3.05, 3.63) is 35.6 Å². The van der Waals surface area contributed by atoms with Gasteiger partial charge in [-0.25, -0.2) is 4.39 Å².